The molecule has 4 atom stereocenters. The zero-order chi connectivity index (χ0) is 22.5. The molecule has 1 aliphatic rings. The third kappa shape index (κ3) is 8.88. The van der Waals surface area contributed by atoms with Crippen LogP contribution in [0.5, 0.6) is 0 Å². The summed E-state index contributed by atoms with van der Waals surface area (Å²) in [6.07, 6.45) is 14.2. The van der Waals surface area contributed by atoms with Gasteiger partial charge in [0.25, 0.3) is 0 Å². The fourth-order valence-corrected chi connectivity index (χ4v) is 4.39. The monoisotopic (exact) mass is 426 g/mol. The van der Waals surface area contributed by atoms with Gasteiger partial charge in [-0.1, -0.05) is 57.8 Å². The van der Waals surface area contributed by atoms with E-state index in [2.05, 4.69) is 19.6 Å². The number of ketones is 1. The lowest BCUT2D eigenvalue weighted by molar-refractivity contribution is -0.195. The number of hydrogen-bond donors (Lipinski definition) is 4. The van der Waals surface area contributed by atoms with Gasteiger partial charge in [0.1, 0.15) is 6.61 Å². The van der Waals surface area contributed by atoms with E-state index in [1.807, 2.05) is 6.08 Å². The van der Waals surface area contributed by atoms with Crippen LogP contribution in [0.1, 0.15) is 84.0 Å². The molecule has 174 valence electrons. The second-order valence-corrected chi connectivity index (χ2v) is 8.71. The Morgan fingerprint density at radius 1 is 1.23 bits per heavy atom. The fourth-order valence-electron chi connectivity index (χ4n) is 4.39. The topological polar surface area (TPSA) is 107 Å². The molecule has 1 aliphatic carbocycles. The number of allylic oxidation sites excluding steroid dienone is 1. The highest BCUT2D eigenvalue weighted by Gasteiger charge is 2.47. The molecule has 4 N–H and O–H groups in total. The van der Waals surface area contributed by atoms with Gasteiger partial charge in [-0.3, -0.25) is 4.79 Å². The zero-order valence-electron chi connectivity index (χ0n) is 18.6. The molecule has 0 spiro atoms. The molecule has 0 aromatic heterocycles. The maximum Gasteiger partial charge on any atom is 0.210 e. The van der Waals surface area contributed by atoms with Crippen LogP contribution in [-0.2, 0) is 9.53 Å². The number of rotatable bonds is 17. The van der Waals surface area contributed by atoms with Crippen LogP contribution in [0.2, 0.25) is 0 Å². The molecule has 0 bridgehead atoms. The molecule has 0 amide bonds. The normalized spacial score (nSPS) is 26.0. The van der Waals surface area contributed by atoms with E-state index in [0.717, 1.165) is 51.4 Å². The van der Waals surface area contributed by atoms with Crippen LogP contribution in [0.3, 0.4) is 0 Å². The van der Waals surface area contributed by atoms with Crippen LogP contribution in [0, 0.1) is 11.8 Å². The molecule has 6 heteroatoms. The molecule has 0 saturated heterocycles. The molecular formula is C24H42O6. The van der Waals surface area contributed by atoms with Crippen molar-refractivity contribution < 1.29 is 30.0 Å². The van der Waals surface area contributed by atoms with E-state index in [9.17, 15) is 20.1 Å². The third-order valence-electron chi connectivity index (χ3n) is 6.29. The van der Waals surface area contributed by atoms with Crippen LogP contribution in [-0.4, -0.2) is 50.8 Å². The summed E-state index contributed by atoms with van der Waals surface area (Å²) in [7, 11) is 0. The van der Waals surface area contributed by atoms with Crippen LogP contribution in [0.4, 0.5) is 0 Å². The Morgan fingerprint density at radius 2 is 1.97 bits per heavy atom. The molecular weight excluding hydrogens is 384 g/mol. The maximum atomic E-state index is 11.2. The highest BCUT2D eigenvalue weighted by atomic mass is 16.6. The Bertz CT molecular complexity index is 534. The lowest BCUT2D eigenvalue weighted by Crippen LogP contribution is -2.36. The predicted octanol–water partition coefficient (Wildman–Crippen LogP) is 3.62. The fraction of sp³-hybridized carbons (Fsp3) is 0.792. The zero-order valence-corrected chi connectivity index (χ0v) is 18.6. The quantitative estimate of drug-likeness (QED) is 0.122. The van der Waals surface area contributed by atoms with Gasteiger partial charge >= 0.3 is 0 Å². The summed E-state index contributed by atoms with van der Waals surface area (Å²) in [6, 6.07) is 0. The molecule has 0 aliphatic heterocycles. The molecule has 1 rings (SSSR count). The number of unbranched alkanes of at least 4 members (excludes halogenated alkanes) is 4. The lowest BCUT2D eigenvalue weighted by Gasteiger charge is -2.31. The Morgan fingerprint density at radius 3 is 2.60 bits per heavy atom. The number of carbonyl (C=O) groups is 1. The van der Waals surface area contributed by atoms with Crippen LogP contribution >= 0.6 is 0 Å². The molecule has 1 saturated carbocycles. The first-order chi connectivity index (χ1) is 14.3. The van der Waals surface area contributed by atoms with Crippen LogP contribution in [0.25, 0.3) is 0 Å². The molecule has 0 aromatic rings. The van der Waals surface area contributed by atoms with Gasteiger partial charge in [-0.05, 0) is 38.0 Å². The smallest absolute Gasteiger partial charge is 0.210 e. The Labute approximate surface area is 181 Å². The van der Waals surface area contributed by atoms with Gasteiger partial charge in [0.15, 0.2) is 5.78 Å². The van der Waals surface area contributed by atoms with Crippen molar-refractivity contribution in [3.05, 3.63) is 25.0 Å². The van der Waals surface area contributed by atoms with E-state index in [-0.39, 0.29) is 30.8 Å². The number of aliphatic hydroxyl groups is 4. The molecule has 6 nitrogen and oxygen atoms in total. The van der Waals surface area contributed by atoms with E-state index in [1.165, 1.54) is 6.26 Å². The van der Waals surface area contributed by atoms with Crippen LogP contribution < -0.4 is 0 Å². The minimum atomic E-state index is -1.22. The van der Waals surface area contributed by atoms with Crippen molar-refractivity contribution in [2.45, 2.75) is 95.4 Å². The molecule has 2 unspecified atom stereocenters. The molecule has 0 aromatic carbocycles. The van der Waals surface area contributed by atoms with E-state index >= 15 is 0 Å². The molecule has 0 radical (unpaired) electrons. The van der Waals surface area contributed by atoms with Gasteiger partial charge in [-0.25, -0.2) is 0 Å². The van der Waals surface area contributed by atoms with Crippen molar-refractivity contribution >= 4 is 5.78 Å². The highest BCUT2D eigenvalue weighted by molar-refractivity contribution is 5.79. The summed E-state index contributed by atoms with van der Waals surface area (Å²) < 4.78 is 5.50. The van der Waals surface area contributed by atoms with Crippen molar-refractivity contribution in [2.75, 3.05) is 13.2 Å². The van der Waals surface area contributed by atoms with E-state index < -0.39 is 11.4 Å². The number of aliphatic hydroxyl groups excluding tert-OH is 2. The Balaban J connectivity index is 2.61. The van der Waals surface area contributed by atoms with E-state index in [1.54, 1.807) is 0 Å². The number of Topliss-reactive ketones (excluding diaryl/α,β-unsaturated/α-hetero) is 1. The van der Waals surface area contributed by atoms with E-state index in [0.29, 0.717) is 25.7 Å². The largest absolute Gasteiger partial charge is 0.470 e. The van der Waals surface area contributed by atoms with Gasteiger partial charge in [0, 0.05) is 18.8 Å². The minimum Gasteiger partial charge on any atom is -0.470 e. The van der Waals surface area contributed by atoms with Crippen LogP contribution in [0.15, 0.2) is 25.0 Å². The van der Waals surface area contributed by atoms with Gasteiger partial charge in [-0.15, -0.1) is 0 Å². The third-order valence-corrected chi connectivity index (χ3v) is 6.29. The summed E-state index contributed by atoms with van der Waals surface area (Å²) in [5.41, 5.74) is -1.08. The first-order valence-corrected chi connectivity index (χ1v) is 11.5. The van der Waals surface area contributed by atoms with Crippen molar-refractivity contribution in [1.82, 2.24) is 0 Å². The van der Waals surface area contributed by atoms with Gasteiger partial charge in [0.2, 0.25) is 5.79 Å². The Hall–Kier alpha value is -1.21. The number of ether oxygens (including phenoxy) is 1. The van der Waals surface area contributed by atoms with Crippen molar-refractivity contribution in [3.63, 3.8) is 0 Å². The number of hydrogen-bond acceptors (Lipinski definition) is 6. The predicted molar refractivity (Wildman–Crippen MR) is 118 cm³/mol. The average molecular weight is 427 g/mol. The van der Waals surface area contributed by atoms with E-state index in [4.69, 9.17) is 9.84 Å². The lowest BCUT2D eigenvalue weighted by atomic mass is 9.86. The number of carbonyl (C=O) groups excluding carboxylic acids is 1. The standard InChI is InChI=1S/C24H42O6/c1-3-5-15-23(28,19-26)16-10-11-20-14-17-24(29,30-4-2)22(20)13-9-7-6-8-12-21(27)18-25/h4,10-11,20,22,25-26,28-29H,2-3,5-9,12-19H2,1H3/t20-,22+,23?,24?/m0/s1. The molecule has 0 heterocycles. The highest BCUT2D eigenvalue weighted by Crippen LogP contribution is 2.45. The van der Waals surface area contributed by atoms with Gasteiger partial charge in [-0.2, -0.15) is 0 Å². The Kier molecular flexibility index (Phi) is 12.5. The van der Waals surface area contributed by atoms with Gasteiger partial charge < -0.3 is 25.2 Å². The van der Waals surface area contributed by atoms with Crippen molar-refractivity contribution in [2.24, 2.45) is 11.8 Å². The SMILES string of the molecule is C=COC1(O)CC[C@H](C=CCC(O)(CO)CCCC)[C@H]1CCCCCCC(=O)CO. The van der Waals surface area contributed by atoms with Crippen molar-refractivity contribution in [1.29, 1.82) is 0 Å². The first-order valence-electron chi connectivity index (χ1n) is 11.5. The minimum absolute atomic E-state index is 0.0660. The first kappa shape index (κ1) is 26.8. The average Bonchev–Trinajstić information content (AvgIpc) is 3.04. The molecule has 30 heavy (non-hydrogen) atoms. The summed E-state index contributed by atoms with van der Waals surface area (Å²) in [5.74, 6) is -1.27. The van der Waals surface area contributed by atoms with Gasteiger partial charge in [0.05, 0.1) is 18.5 Å². The summed E-state index contributed by atoms with van der Waals surface area (Å²) in [6.45, 7) is 5.01. The molecule has 1 fully saturated rings. The summed E-state index contributed by atoms with van der Waals surface area (Å²) in [5, 5.41) is 39.8. The summed E-state index contributed by atoms with van der Waals surface area (Å²) >= 11 is 0. The second kappa shape index (κ2) is 14.0. The van der Waals surface area contributed by atoms with Crippen molar-refractivity contribution in [3.8, 4) is 0 Å². The maximum absolute atomic E-state index is 11.2. The summed E-state index contributed by atoms with van der Waals surface area (Å²) in [4.78, 5) is 11.2. The second-order valence-electron chi connectivity index (χ2n) is 8.71.